The highest BCUT2D eigenvalue weighted by atomic mass is 79.9. The minimum atomic E-state index is -4.56. The van der Waals surface area contributed by atoms with Crippen molar-refractivity contribution in [2.45, 2.75) is 6.18 Å². The van der Waals surface area contributed by atoms with Crippen molar-refractivity contribution in [2.24, 2.45) is 0 Å². The van der Waals surface area contributed by atoms with Crippen LogP contribution in [0.4, 0.5) is 13.2 Å². The predicted molar refractivity (Wildman–Crippen MR) is 41.7 cm³/mol. The Hall–Kier alpha value is -1.09. The number of alkyl halides is 3. The molecule has 0 radical (unpaired) electrons. The lowest BCUT2D eigenvalue weighted by Crippen LogP contribution is -2.09. The summed E-state index contributed by atoms with van der Waals surface area (Å²) in [6.07, 6.45) is -3.42. The molecule has 68 valence electrons. The number of nitrogens with zero attached hydrogens (tertiary/aromatic N) is 2. The Morgan fingerprint density at radius 3 is 2.46 bits per heavy atom. The van der Waals surface area contributed by atoms with E-state index in [2.05, 4.69) is 20.9 Å². The predicted octanol–water partition coefficient (Wildman–Crippen LogP) is 2.73. The van der Waals surface area contributed by atoms with Crippen molar-refractivity contribution >= 4 is 15.9 Å². The summed E-state index contributed by atoms with van der Waals surface area (Å²) in [6, 6.07) is 2.47. The Bertz CT molecular complexity index is 367. The van der Waals surface area contributed by atoms with E-state index in [1.165, 1.54) is 6.07 Å². The summed E-state index contributed by atoms with van der Waals surface area (Å²) in [7, 11) is 0. The number of nitriles is 1. The molecule has 0 saturated heterocycles. The van der Waals surface area contributed by atoms with Gasteiger partial charge in [0.2, 0.25) is 0 Å². The van der Waals surface area contributed by atoms with Crippen molar-refractivity contribution in [1.82, 2.24) is 4.98 Å². The van der Waals surface area contributed by atoms with Crippen LogP contribution in [0.3, 0.4) is 0 Å². The van der Waals surface area contributed by atoms with Gasteiger partial charge in [-0.25, -0.2) is 4.98 Å². The van der Waals surface area contributed by atoms with E-state index in [-0.39, 0.29) is 4.60 Å². The second kappa shape index (κ2) is 3.34. The van der Waals surface area contributed by atoms with Gasteiger partial charge in [-0.15, -0.1) is 0 Å². The molecule has 0 aromatic carbocycles. The maximum absolute atomic E-state index is 12.3. The quantitative estimate of drug-likeness (QED) is 0.664. The molecule has 0 saturated carbocycles. The molecule has 0 atom stereocenters. The fourth-order valence-corrected chi connectivity index (χ4v) is 1.36. The van der Waals surface area contributed by atoms with E-state index >= 15 is 0 Å². The van der Waals surface area contributed by atoms with Crippen LogP contribution in [0.1, 0.15) is 11.1 Å². The lowest BCUT2D eigenvalue weighted by molar-refractivity contribution is -0.138. The van der Waals surface area contributed by atoms with Gasteiger partial charge in [-0.1, -0.05) is 0 Å². The van der Waals surface area contributed by atoms with E-state index in [4.69, 9.17) is 5.26 Å². The van der Waals surface area contributed by atoms with Crippen molar-refractivity contribution in [1.29, 1.82) is 5.26 Å². The van der Waals surface area contributed by atoms with Crippen LogP contribution in [-0.4, -0.2) is 4.98 Å². The van der Waals surface area contributed by atoms with E-state index in [0.29, 0.717) is 0 Å². The van der Waals surface area contributed by atoms with Gasteiger partial charge in [0.1, 0.15) is 10.2 Å². The average molecular weight is 251 g/mol. The van der Waals surface area contributed by atoms with Gasteiger partial charge in [-0.2, -0.15) is 18.4 Å². The molecule has 6 heteroatoms. The van der Waals surface area contributed by atoms with Gasteiger partial charge in [0.05, 0.1) is 11.6 Å². The summed E-state index contributed by atoms with van der Waals surface area (Å²) in [6.45, 7) is 0. The van der Waals surface area contributed by atoms with Gasteiger partial charge in [0.15, 0.2) is 0 Å². The van der Waals surface area contributed by atoms with Crippen LogP contribution in [-0.2, 0) is 6.18 Å². The Balaban J connectivity index is 3.43. The van der Waals surface area contributed by atoms with Crippen LogP contribution < -0.4 is 0 Å². The molecule has 0 fully saturated rings. The highest BCUT2D eigenvalue weighted by Crippen LogP contribution is 2.35. The first-order valence-corrected chi connectivity index (χ1v) is 3.88. The molecule has 0 N–H and O–H groups in total. The van der Waals surface area contributed by atoms with E-state index in [1.54, 1.807) is 0 Å². The van der Waals surface area contributed by atoms with Crippen molar-refractivity contribution in [3.8, 4) is 6.07 Å². The Morgan fingerprint density at radius 1 is 1.46 bits per heavy atom. The molecular weight excluding hydrogens is 249 g/mol. The average Bonchev–Trinajstić information content (AvgIpc) is 2.01. The van der Waals surface area contributed by atoms with Crippen LogP contribution in [0.2, 0.25) is 0 Å². The zero-order valence-electron chi connectivity index (χ0n) is 6.06. The largest absolute Gasteiger partial charge is 0.420 e. The molecular formula is C7H2BrF3N2. The summed E-state index contributed by atoms with van der Waals surface area (Å²) in [4.78, 5) is 3.40. The molecule has 0 aliphatic rings. The lowest BCUT2D eigenvalue weighted by atomic mass is 10.1. The highest BCUT2D eigenvalue weighted by molar-refractivity contribution is 9.10. The Labute approximate surface area is 80.1 Å². The molecule has 1 rings (SSSR count). The number of rotatable bonds is 0. The molecule has 1 heterocycles. The number of hydrogen-bond donors (Lipinski definition) is 0. The van der Waals surface area contributed by atoms with Crippen molar-refractivity contribution in [3.05, 3.63) is 28.0 Å². The number of aromatic nitrogens is 1. The van der Waals surface area contributed by atoms with Crippen LogP contribution >= 0.6 is 15.9 Å². The van der Waals surface area contributed by atoms with Gasteiger partial charge >= 0.3 is 6.18 Å². The first kappa shape index (κ1) is 9.99. The highest BCUT2D eigenvalue weighted by Gasteiger charge is 2.36. The minimum absolute atomic E-state index is 0.362. The standard InChI is InChI=1S/C7H2BrF3N2/c8-6-5(7(9,10)11)4(3-12)1-2-13-6/h1-2H. The van der Waals surface area contributed by atoms with E-state index in [9.17, 15) is 13.2 Å². The van der Waals surface area contributed by atoms with Crippen LogP contribution in [0.5, 0.6) is 0 Å². The first-order chi connectivity index (χ1) is 5.96. The fourth-order valence-electron chi connectivity index (χ4n) is 0.799. The third-order valence-electron chi connectivity index (χ3n) is 1.31. The third-order valence-corrected chi connectivity index (χ3v) is 1.91. The van der Waals surface area contributed by atoms with E-state index in [1.807, 2.05) is 0 Å². The summed E-state index contributed by atoms with van der Waals surface area (Å²) in [5.74, 6) is 0. The Morgan fingerprint density at radius 2 is 2.08 bits per heavy atom. The Kier molecular flexibility index (Phi) is 2.57. The molecule has 0 aliphatic heterocycles. The van der Waals surface area contributed by atoms with Crippen LogP contribution in [0, 0.1) is 11.3 Å². The maximum Gasteiger partial charge on any atom is 0.420 e. The monoisotopic (exact) mass is 250 g/mol. The number of halogens is 4. The molecule has 0 amide bonds. The maximum atomic E-state index is 12.3. The third kappa shape index (κ3) is 1.98. The second-order valence-electron chi connectivity index (χ2n) is 2.13. The summed E-state index contributed by atoms with van der Waals surface area (Å²) in [5, 5.41) is 8.41. The summed E-state index contributed by atoms with van der Waals surface area (Å²) < 4.78 is 36.5. The van der Waals surface area contributed by atoms with Crippen LogP contribution in [0.15, 0.2) is 16.9 Å². The molecule has 0 spiro atoms. The van der Waals surface area contributed by atoms with Crippen molar-refractivity contribution in [3.63, 3.8) is 0 Å². The fraction of sp³-hybridized carbons (Fsp3) is 0.143. The van der Waals surface area contributed by atoms with Gasteiger partial charge in [-0.05, 0) is 22.0 Å². The molecule has 0 bridgehead atoms. The molecule has 13 heavy (non-hydrogen) atoms. The molecule has 0 unspecified atom stereocenters. The minimum Gasteiger partial charge on any atom is -0.249 e. The first-order valence-electron chi connectivity index (χ1n) is 3.08. The van der Waals surface area contributed by atoms with E-state index < -0.39 is 17.3 Å². The number of pyridine rings is 1. The van der Waals surface area contributed by atoms with Gasteiger partial charge < -0.3 is 0 Å². The SMILES string of the molecule is N#Cc1ccnc(Br)c1C(F)(F)F. The molecule has 2 nitrogen and oxygen atoms in total. The zero-order chi connectivity index (χ0) is 10.1. The smallest absolute Gasteiger partial charge is 0.249 e. The molecule has 0 aliphatic carbocycles. The van der Waals surface area contributed by atoms with Gasteiger partial charge in [-0.3, -0.25) is 0 Å². The topological polar surface area (TPSA) is 36.7 Å². The second-order valence-corrected chi connectivity index (χ2v) is 2.89. The normalized spacial score (nSPS) is 11.0. The summed E-state index contributed by atoms with van der Waals surface area (Å²) in [5.41, 5.74) is -1.47. The molecule has 1 aromatic heterocycles. The molecule has 1 aromatic rings. The van der Waals surface area contributed by atoms with Crippen LogP contribution in [0.25, 0.3) is 0 Å². The number of hydrogen-bond acceptors (Lipinski definition) is 2. The van der Waals surface area contributed by atoms with E-state index in [0.717, 1.165) is 12.3 Å². The van der Waals surface area contributed by atoms with Gasteiger partial charge in [0, 0.05) is 6.20 Å². The van der Waals surface area contributed by atoms with Crippen molar-refractivity contribution in [2.75, 3.05) is 0 Å². The zero-order valence-corrected chi connectivity index (χ0v) is 7.65. The lowest BCUT2D eigenvalue weighted by Gasteiger charge is -2.08. The summed E-state index contributed by atoms with van der Waals surface area (Å²) >= 11 is 2.64. The van der Waals surface area contributed by atoms with Gasteiger partial charge in [0.25, 0.3) is 0 Å². The van der Waals surface area contributed by atoms with Crippen molar-refractivity contribution < 1.29 is 13.2 Å².